The molecule has 1 aliphatic heterocycles. The molecule has 0 unspecified atom stereocenters. The molecule has 1 saturated carbocycles. The summed E-state index contributed by atoms with van der Waals surface area (Å²) in [5, 5.41) is 0.644. The second-order valence-electron chi connectivity index (χ2n) is 5.46. The third-order valence-electron chi connectivity index (χ3n) is 3.88. The Morgan fingerprint density at radius 3 is 2.11 bits per heavy atom. The lowest BCUT2D eigenvalue weighted by molar-refractivity contribution is -0.198. The molecule has 2 aliphatic rings. The van der Waals surface area contributed by atoms with Crippen LogP contribution in [0.15, 0.2) is 0 Å². The average molecular weight is 267 g/mol. The van der Waals surface area contributed by atoms with Crippen LogP contribution in [0.3, 0.4) is 0 Å². The van der Waals surface area contributed by atoms with Crippen LogP contribution in [0.5, 0.6) is 0 Å². The highest BCUT2D eigenvalue weighted by molar-refractivity contribution is 6.01. The smallest absolute Gasteiger partial charge is 0.330 e. The van der Waals surface area contributed by atoms with Gasteiger partial charge in [-0.2, -0.15) is 0 Å². The minimum absolute atomic E-state index is 0.148. The highest BCUT2D eigenvalue weighted by Gasteiger charge is 2.33. The van der Waals surface area contributed by atoms with Gasteiger partial charge in [0.25, 0.3) is 11.8 Å². The molecule has 106 valence electrons. The predicted octanol–water partition coefficient (Wildman–Crippen LogP) is 2.34. The van der Waals surface area contributed by atoms with Crippen molar-refractivity contribution in [2.45, 2.75) is 64.2 Å². The molecule has 0 atom stereocenters. The second kappa shape index (κ2) is 6.68. The van der Waals surface area contributed by atoms with Crippen LogP contribution in [0.1, 0.15) is 64.2 Å². The fourth-order valence-corrected chi connectivity index (χ4v) is 2.78. The lowest BCUT2D eigenvalue weighted by Crippen LogP contribution is -2.32. The molecule has 0 aromatic carbocycles. The summed E-state index contributed by atoms with van der Waals surface area (Å²) in [6.07, 6.45) is 8.74. The van der Waals surface area contributed by atoms with Gasteiger partial charge in [-0.25, -0.2) is 4.79 Å². The van der Waals surface area contributed by atoms with Gasteiger partial charge in [0.2, 0.25) is 0 Å². The van der Waals surface area contributed by atoms with Crippen molar-refractivity contribution in [3.05, 3.63) is 0 Å². The summed E-state index contributed by atoms with van der Waals surface area (Å²) in [4.78, 5) is 39.4. The minimum Gasteiger partial charge on any atom is -0.330 e. The van der Waals surface area contributed by atoms with Gasteiger partial charge in [0.15, 0.2) is 0 Å². The SMILES string of the molecule is O=C(CC1CCCCCCC1)ON1C(=O)CCC1=O. The number of carbonyl (C=O) groups excluding carboxylic acids is 3. The zero-order valence-corrected chi connectivity index (χ0v) is 11.2. The van der Waals surface area contributed by atoms with Crippen LogP contribution in [0, 0.1) is 5.92 Å². The molecule has 0 bridgehead atoms. The molecule has 0 N–H and O–H groups in total. The first-order valence-corrected chi connectivity index (χ1v) is 7.23. The van der Waals surface area contributed by atoms with E-state index in [1.54, 1.807) is 0 Å². The Hall–Kier alpha value is -1.39. The van der Waals surface area contributed by atoms with E-state index in [1.807, 2.05) is 0 Å². The van der Waals surface area contributed by atoms with Gasteiger partial charge in [0, 0.05) is 12.8 Å². The van der Waals surface area contributed by atoms with Crippen LogP contribution in [0.4, 0.5) is 0 Å². The molecule has 19 heavy (non-hydrogen) atoms. The molecular weight excluding hydrogens is 246 g/mol. The maximum Gasteiger partial charge on any atom is 0.333 e. The largest absolute Gasteiger partial charge is 0.333 e. The zero-order chi connectivity index (χ0) is 13.7. The Bertz CT molecular complexity index is 342. The summed E-state index contributed by atoms with van der Waals surface area (Å²) in [6, 6.07) is 0. The lowest BCUT2D eigenvalue weighted by Gasteiger charge is -2.19. The molecule has 0 aromatic rings. The lowest BCUT2D eigenvalue weighted by atomic mass is 9.89. The molecule has 5 nitrogen and oxygen atoms in total. The van der Waals surface area contributed by atoms with Crippen molar-refractivity contribution in [2.24, 2.45) is 5.92 Å². The van der Waals surface area contributed by atoms with Crippen LogP contribution in [-0.4, -0.2) is 22.8 Å². The fraction of sp³-hybridized carbons (Fsp3) is 0.786. The van der Waals surface area contributed by atoms with Crippen molar-refractivity contribution in [2.75, 3.05) is 0 Å². The zero-order valence-electron chi connectivity index (χ0n) is 11.2. The topological polar surface area (TPSA) is 63.7 Å². The van der Waals surface area contributed by atoms with E-state index in [1.165, 1.54) is 19.3 Å². The molecule has 1 heterocycles. The van der Waals surface area contributed by atoms with Crippen LogP contribution in [-0.2, 0) is 19.2 Å². The quantitative estimate of drug-likeness (QED) is 0.736. The molecule has 0 spiro atoms. The molecular formula is C14H21NO4. The summed E-state index contributed by atoms with van der Waals surface area (Å²) in [6.45, 7) is 0. The summed E-state index contributed by atoms with van der Waals surface area (Å²) in [5.41, 5.74) is 0. The number of hydrogen-bond acceptors (Lipinski definition) is 4. The normalized spacial score (nSPS) is 22.2. The number of hydroxylamine groups is 2. The van der Waals surface area contributed by atoms with Crippen molar-refractivity contribution in [1.82, 2.24) is 5.06 Å². The highest BCUT2D eigenvalue weighted by atomic mass is 16.7. The van der Waals surface area contributed by atoms with E-state index in [4.69, 9.17) is 4.84 Å². The van der Waals surface area contributed by atoms with Crippen molar-refractivity contribution >= 4 is 17.8 Å². The monoisotopic (exact) mass is 267 g/mol. The first kappa shape index (κ1) is 14.0. The van der Waals surface area contributed by atoms with Crippen LogP contribution >= 0.6 is 0 Å². The molecule has 0 aromatic heterocycles. The predicted molar refractivity (Wildman–Crippen MR) is 67.6 cm³/mol. The van der Waals surface area contributed by atoms with Crippen molar-refractivity contribution in [3.8, 4) is 0 Å². The van der Waals surface area contributed by atoms with Gasteiger partial charge in [-0.3, -0.25) is 9.59 Å². The molecule has 1 saturated heterocycles. The Balaban J connectivity index is 1.79. The van der Waals surface area contributed by atoms with Crippen LogP contribution in [0.25, 0.3) is 0 Å². The number of hydrogen-bond donors (Lipinski definition) is 0. The number of nitrogens with zero attached hydrogens (tertiary/aromatic N) is 1. The summed E-state index contributed by atoms with van der Waals surface area (Å²) < 4.78 is 0. The maximum absolute atomic E-state index is 11.8. The van der Waals surface area contributed by atoms with Gasteiger partial charge in [-0.05, 0) is 18.8 Å². The van der Waals surface area contributed by atoms with E-state index >= 15 is 0 Å². The summed E-state index contributed by atoms with van der Waals surface area (Å²) >= 11 is 0. The Kier molecular flexibility index (Phi) is 4.93. The minimum atomic E-state index is -0.450. The number of carbonyl (C=O) groups is 3. The van der Waals surface area contributed by atoms with Gasteiger partial charge in [-0.15, -0.1) is 5.06 Å². The van der Waals surface area contributed by atoms with Gasteiger partial charge in [0.1, 0.15) is 0 Å². The number of amides is 2. The molecule has 5 heteroatoms. The number of imide groups is 1. The van der Waals surface area contributed by atoms with Crippen molar-refractivity contribution in [1.29, 1.82) is 0 Å². The van der Waals surface area contributed by atoms with Gasteiger partial charge in [0.05, 0.1) is 6.42 Å². The second-order valence-corrected chi connectivity index (χ2v) is 5.46. The fourth-order valence-electron chi connectivity index (χ4n) is 2.78. The van der Waals surface area contributed by atoms with E-state index in [-0.39, 0.29) is 12.8 Å². The van der Waals surface area contributed by atoms with Crippen LogP contribution < -0.4 is 0 Å². The van der Waals surface area contributed by atoms with Gasteiger partial charge < -0.3 is 4.84 Å². The standard InChI is InChI=1S/C14H21NO4/c16-12-8-9-13(17)15(12)19-14(18)10-11-6-4-2-1-3-5-7-11/h11H,1-10H2. The van der Waals surface area contributed by atoms with Crippen molar-refractivity contribution < 1.29 is 19.2 Å². The molecule has 0 radical (unpaired) electrons. The average Bonchev–Trinajstić information content (AvgIpc) is 2.64. The van der Waals surface area contributed by atoms with E-state index < -0.39 is 17.8 Å². The third kappa shape index (κ3) is 4.04. The molecule has 2 amide bonds. The third-order valence-corrected chi connectivity index (χ3v) is 3.88. The highest BCUT2D eigenvalue weighted by Crippen LogP contribution is 2.25. The van der Waals surface area contributed by atoms with E-state index in [0.717, 1.165) is 25.7 Å². The van der Waals surface area contributed by atoms with E-state index in [9.17, 15) is 14.4 Å². The Morgan fingerprint density at radius 1 is 1.00 bits per heavy atom. The molecule has 1 aliphatic carbocycles. The maximum atomic E-state index is 11.8. The number of rotatable bonds is 3. The van der Waals surface area contributed by atoms with Gasteiger partial charge >= 0.3 is 5.97 Å². The van der Waals surface area contributed by atoms with E-state index in [2.05, 4.69) is 0 Å². The summed E-state index contributed by atoms with van der Waals surface area (Å²) in [5.74, 6) is -0.929. The van der Waals surface area contributed by atoms with E-state index in [0.29, 0.717) is 17.4 Å². The first-order valence-electron chi connectivity index (χ1n) is 7.23. The first-order chi connectivity index (χ1) is 9.16. The summed E-state index contributed by atoms with van der Waals surface area (Å²) in [7, 11) is 0. The van der Waals surface area contributed by atoms with Gasteiger partial charge in [-0.1, -0.05) is 32.1 Å². The molecule has 2 rings (SSSR count). The Morgan fingerprint density at radius 2 is 1.53 bits per heavy atom. The van der Waals surface area contributed by atoms with Crippen molar-refractivity contribution in [3.63, 3.8) is 0 Å². The molecule has 2 fully saturated rings. The van der Waals surface area contributed by atoms with Crippen LogP contribution in [0.2, 0.25) is 0 Å². The Labute approximate surface area is 113 Å².